The Morgan fingerprint density at radius 1 is 1.18 bits per heavy atom. The molecular formula is C11H7F3N4O3S. The smallest absolute Gasteiger partial charge is 0.364 e. The van der Waals surface area contributed by atoms with E-state index in [1.165, 1.54) is 12.3 Å². The first kappa shape index (κ1) is 14.5. The lowest BCUT2D eigenvalue weighted by atomic mass is 10.3. The van der Waals surface area contributed by atoms with Crippen LogP contribution in [0.2, 0.25) is 0 Å². The Labute approximate surface area is 121 Å². The summed E-state index contributed by atoms with van der Waals surface area (Å²) < 4.78 is 68.0. The molecule has 0 N–H and O–H groups in total. The van der Waals surface area contributed by atoms with Gasteiger partial charge in [0.15, 0.2) is 5.65 Å². The number of fused-ring (bicyclic) bond motifs is 1. The quantitative estimate of drug-likeness (QED) is 0.725. The van der Waals surface area contributed by atoms with Crippen molar-refractivity contribution >= 4 is 15.5 Å². The average molecular weight is 332 g/mol. The lowest BCUT2D eigenvalue weighted by Gasteiger charge is -2.07. The minimum Gasteiger partial charge on any atom is -0.364 e. The summed E-state index contributed by atoms with van der Waals surface area (Å²) in [6.45, 7) is 0. The first-order chi connectivity index (χ1) is 10.3. The zero-order chi connectivity index (χ0) is 16.0. The molecule has 0 saturated heterocycles. The molecule has 0 aliphatic rings. The number of pyridine rings is 1. The summed E-state index contributed by atoms with van der Waals surface area (Å²) in [5.74, 6) is -0.555. The van der Waals surface area contributed by atoms with E-state index in [1.54, 1.807) is 0 Å². The maximum atomic E-state index is 12.7. The zero-order valence-electron chi connectivity index (χ0n) is 10.6. The maximum Gasteiger partial charge on any atom is 0.417 e. The van der Waals surface area contributed by atoms with Gasteiger partial charge in [-0.3, -0.25) is 4.40 Å². The van der Waals surface area contributed by atoms with E-state index in [-0.39, 0.29) is 11.3 Å². The van der Waals surface area contributed by atoms with Gasteiger partial charge in [0.2, 0.25) is 9.84 Å². The van der Waals surface area contributed by atoms with Crippen molar-refractivity contribution in [2.24, 2.45) is 0 Å². The molecule has 11 heteroatoms. The molecule has 116 valence electrons. The summed E-state index contributed by atoms with van der Waals surface area (Å²) in [5, 5.41) is 9.90. The van der Waals surface area contributed by atoms with E-state index < -0.39 is 32.5 Å². The van der Waals surface area contributed by atoms with Crippen LogP contribution >= 0.6 is 0 Å². The molecule has 0 aromatic carbocycles. The number of rotatable bonds is 3. The lowest BCUT2D eigenvalue weighted by Crippen LogP contribution is -2.11. The highest BCUT2D eigenvalue weighted by atomic mass is 32.2. The van der Waals surface area contributed by atoms with Crippen molar-refractivity contribution in [2.45, 2.75) is 17.1 Å². The third-order valence-corrected chi connectivity index (χ3v) is 4.32. The van der Waals surface area contributed by atoms with Gasteiger partial charge in [0.25, 0.3) is 5.16 Å². The van der Waals surface area contributed by atoms with Gasteiger partial charge in [-0.05, 0) is 12.1 Å². The first-order valence-electron chi connectivity index (χ1n) is 5.81. The number of halogens is 3. The Balaban J connectivity index is 2.10. The second-order valence-electron chi connectivity index (χ2n) is 4.38. The average Bonchev–Trinajstić information content (AvgIpc) is 3.04. The van der Waals surface area contributed by atoms with Gasteiger partial charge in [0.05, 0.1) is 11.3 Å². The molecule has 0 aliphatic heterocycles. The number of nitrogens with zero attached hydrogens (tertiary/aromatic N) is 4. The highest BCUT2D eigenvalue weighted by Crippen LogP contribution is 2.29. The van der Waals surface area contributed by atoms with Crippen LogP contribution in [0.4, 0.5) is 13.2 Å². The molecule has 3 heterocycles. The Kier molecular flexibility index (Phi) is 3.16. The predicted molar refractivity (Wildman–Crippen MR) is 65.4 cm³/mol. The normalized spacial score (nSPS) is 12.9. The van der Waals surface area contributed by atoms with Crippen LogP contribution in [0.5, 0.6) is 0 Å². The second kappa shape index (κ2) is 4.80. The van der Waals surface area contributed by atoms with Crippen LogP contribution in [-0.4, -0.2) is 28.2 Å². The molecule has 3 rings (SSSR count). The van der Waals surface area contributed by atoms with Gasteiger partial charge in [0.1, 0.15) is 12.0 Å². The van der Waals surface area contributed by atoms with E-state index in [9.17, 15) is 21.6 Å². The Hall–Kier alpha value is -2.43. The minimum absolute atomic E-state index is 0.00766. The predicted octanol–water partition coefficient (Wildman–Crippen LogP) is 1.71. The second-order valence-corrected chi connectivity index (χ2v) is 6.26. The van der Waals surface area contributed by atoms with Gasteiger partial charge >= 0.3 is 6.18 Å². The van der Waals surface area contributed by atoms with Crippen LogP contribution in [0, 0.1) is 0 Å². The van der Waals surface area contributed by atoms with Crippen molar-refractivity contribution in [3.8, 4) is 0 Å². The molecule has 22 heavy (non-hydrogen) atoms. The standard InChI is InChI=1S/C11H7F3N4O3S/c12-11(13,14)7-1-2-9-15-16-10(18(9)5-7)22(19,20)6-8-3-4-21-17-8/h1-5H,6H2. The molecule has 0 fully saturated rings. The number of hydrogen-bond acceptors (Lipinski definition) is 6. The molecule has 0 saturated carbocycles. The third-order valence-electron chi connectivity index (χ3n) is 2.81. The number of sulfone groups is 1. The number of aromatic nitrogens is 4. The SMILES string of the molecule is O=S(=O)(Cc1ccon1)c1nnc2ccc(C(F)(F)F)cn12. The fourth-order valence-electron chi connectivity index (χ4n) is 1.82. The van der Waals surface area contributed by atoms with Gasteiger partial charge in [-0.2, -0.15) is 13.2 Å². The van der Waals surface area contributed by atoms with E-state index in [1.807, 2.05) is 0 Å². The first-order valence-corrected chi connectivity index (χ1v) is 7.46. The molecule has 0 radical (unpaired) electrons. The monoisotopic (exact) mass is 332 g/mol. The summed E-state index contributed by atoms with van der Waals surface area (Å²) >= 11 is 0. The van der Waals surface area contributed by atoms with Crippen molar-refractivity contribution in [1.29, 1.82) is 0 Å². The Bertz CT molecular complexity index is 916. The van der Waals surface area contributed by atoms with Gasteiger partial charge < -0.3 is 4.52 Å². The Morgan fingerprint density at radius 3 is 2.59 bits per heavy atom. The van der Waals surface area contributed by atoms with Crippen molar-refractivity contribution < 1.29 is 26.1 Å². The van der Waals surface area contributed by atoms with Gasteiger partial charge in [-0.15, -0.1) is 10.2 Å². The van der Waals surface area contributed by atoms with Crippen molar-refractivity contribution in [3.05, 3.63) is 41.9 Å². The molecule has 7 nitrogen and oxygen atoms in total. The van der Waals surface area contributed by atoms with Gasteiger partial charge in [-0.25, -0.2) is 8.42 Å². The largest absolute Gasteiger partial charge is 0.417 e. The van der Waals surface area contributed by atoms with Crippen LogP contribution in [-0.2, 0) is 21.8 Å². The topological polar surface area (TPSA) is 90.4 Å². The minimum atomic E-state index is -4.61. The summed E-state index contributed by atoms with van der Waals surface area (Å²) in [5.41, 5.74) is -0.895. The van der Waals surface area contributed by atoms with E-state index in [2.05, 4.69) is 19.9 Å². The fraction of sp³-hybridized carbons (Fsp3) is 0.182. The van der Waals surface area contributed by atoms with E-state index >= 15 is 0 Å². The molecular weight excluding hydrogens is 325 g/mol. The van der Waals surface area contributed by atoms with E-state index in [0.717, 1.165) is 16.5 Å². The van der Waals surface area contributed by atoms with Crippen LogP contribution in [0.25, 0.3) is 5.65 Å². The van der Waals surface area contributed by atoms with Gasteiger partial charge in [0, 0.05) is 12.3 Å². The number of alkyl halides is 3. The van der Waals surface area contributed by atoms with E-state index in [4.69, 9.17) is 0 Å². The molecule has 3 aromatic heterocycles. The maximum absolute atomic E-state index is 12.7. The molecule has 0 aliphatic carbocycles. The van der Waals surface area contributed by atoms with Crippen molar-refractivity contribution in [3.63, 3.8) is 0 Å². The summed E-state index contributed by atoms with van der Waals surface area (Å²) in [7, 11) is -4.03. The third kappa shape index (κ3) is 2.54. The van der Waals surface area contributed by atoms with Crippen LogP contribution in [0.3, 0.4) is 0 Å². The molecule has 0 amide bonds. The van der Waals surface area contributed by atoms with Crippen molar-refractivity contribution in [2.75, 3.05) is 0 Å². The van der Waals surface area contributed by atoms with Crippen LogP contribution in [0.15, 0.2) is 40.3 Å². The Morgan fingerprint density at radius 2 is 1.95 bits per heavy atom. The summed E-state index contributed by atoms with van der Waals surface area (Å²) in [6, 6.07) is 3.19. The molecule has 0 spiro atoms. The highest BCUT2D eigenvalue weighted by Gasteiger charge is 2.32. The lowest BCUT2D eigenvalue weighted by molar-refractivity contribution is -0.137. The highest BCUT2D eigenvalue weighted by molar-refractivity contribution is 7.90. The summed E-state index contributed by atoms with van der Waals surface area (Å²) in [4.78, 5) is 0. The molecule has 0 atom stereocenters. The van der Waals surface area contributed by atoms with Crippen LogP contribution < -0.4 is 0 Å². The van der Waals surface area contributed by atoms with Crippen LogP contribution in [0.1, 0.15) is 11.3 Å². The summed E-state index contributed by atoms with van der Waals surface area (Å²) in [6.07, 6.45) is -2.77. The van der Waals surface area contributed by atoms with E-state index in [0.29, 0.717) is 6.20 Å². The fourth-order valence-corrected chi connectivity index (χ4v) is 3.10. The molecule has 0 bridgehead atoms. The zero-order valence-corrected chi connectivity index (χ0v) is 11.5. The molecule has 0 unspecified atom stereocenters. The van der Waals surface area contributed by atoms with Gasteiger partial charge in [-0.1, -0.05) is 5.16 Å². The molecule has 3 aromatic rings. The van der Waals surface area contributed by atoms with Crippen molar-refractivity contribution in [1.82, 2.24) is 19.8 Å². The number of hydrogen-bond donors (Lipinski definition) is 0.